The second kappa shape index (κ2) is 8.90. The summed E-state index contributed by atoms with van der Waals surface area (Å²) < 4.78 is 2.63. The number of aryl methyl sites for hydroxylation is 2. The van der Waals surface area contributed by atoms with Crippen molar-refractivity contribution in [2.75, 3.05) is 5.32 Å². The highest BCUT2D eigenvalue weighted by molar-refractivity contribution is 5.93. The van der Waals surface area contributed by atoms with E-state index in [2.05, 4.69) is 5.32 Å². The third kappa shape index (κ3) is 4.16. The second-order valence-corrected chi connectivity index (χ2v) is 7.21. The van der Waals surface area contributed by atoms with Crippen LogP contribution >= 0.6 is 0 Å². The molecular formula is C23H27N3O3. The lowest BCUT2D eigenvalue weighted by Gasteiger charge is -2.16. The van der Waals surface area contributed by atoms with Crippen LogP contribution in [0, 0.1) is 6.92 Å². The van der Waals surface area contributed by atoms with Crippen LogP contribution in [0.5, 0.6) is 0 Å². The molecule has 6 nitrogen and oxygen atoms in total. The zero-order valence-electron chi connectivity index (χ0n) is 17.2. The number of nitrogens with one attached hydrogen (secondary N) is 1. The van der Waals surface area contributed by atoms with Crippen molar-refractivity contribution in [2.45, 2.75) is 53.1 Å². The number of hydrogen-bond donors (Lipinski definition) is 1. The zero-order chi connectivity index (χ0) is 21.0. The predicted octanol–water partition coefficient (Wildman–Crippen LogP) is 3.47. The molecule has 0 bridgehead atoms. The summed E-state index contributed by atoms with van der Waals surface area (Å²) in [5.41, 5.74) is 2.54. The van der Waals surface area contributed by atoms with Gasteiger partial charge in [-0.3, -0.25) is 18.7 Å². The lowest BCUT2D eigenvalue weighted by atomic mass is 10.1. The average molecular weight is 393 g/mol. The number of nitrogens with zero attached hydrogens (tertiary/aromatic N) is 2. The molecule has 0 spiro atoms. The van der Waals surface area contributed by atoms with Gasteiger partial charge >= 0.3 is 5.69 Å². The molecule has 0 aliphatic rings. The highest BCUT2D eigenvalue weighted by atomic mass is 16.2. The van der Waals surface area contributed by atoms with Crippen LogP contribution in [0.15, 0.2) is 52.1 Å². The standard InChI is InChI=1S/C23H27N3O3/c1-4-6-14-25-22(28)18-12-7-8-13-19(18)26(23(25)29)15-20(27)24-21-16(3)10-9-11-17(21)5-2/h7-13H,4-6,14-15H2,1-3H3,(H,24,27). The van der Waals surface area contributed by atoms with Gasteiger partial charge in [0.15, 0.2) is 0 Å². The molecule has 3 aromatic rings. The molecule has 0 saturated carbocycles. The van der Waals surface area contributed by atoms with Crippen molar-refractivity contribution in [1.29, 1.82) is 0 Å². The van der Waals surface area contributed by atoms with E-state index in [1.165, 1.54) is 9.13 Å². The topological polar surface area (TPSA) is 73.1 Å². The number of carbonyl (C=O) groups is 1. The molecule has 3 rings (SSSR count). The molecule has 0 atom stereocenters. The molecule has 0 unspecified atom stereocenters. The zero-order valence-corrected chi connectivity index (χ0v) is 17.2. The van der Waals surface area contributed by atoms with Crippen molar-refractivity contribution in [3.05, 3.63) is 74.4 Å². The van der Waals surface area contributed by atoms with Gasteiger partial charge in [0.2, 0.25) is 5.91 Å². The fourth-order valence-electron chi connectivity index (χ4n) is 3.56. The van der Waals surface area contributed by atoms with E-state index in [-0.39, 0.29) is 18.0 Å². The van der Waals surface area contributed by atoms with E-state index >= 15 is 0 Å². The minimum absolute atomic E-state index is 0.150. The van der Waals surface area contributed by atoms with Crippen LogP contribution in [0.25, 0.3) is 10.9 Å². The Morgan fingerprint density at radius 2 is 1.76 bits per heavy atom. The minimum atomic E-state index is -0.446. The molecule has 1 amide bonds. The summed E-state index contributed by atoms with van der Waals surface area (Å²) in [4.78, 5) is 38.6. The van der Waals surface area contributed by atoms with Gasteiger partial charge in [-0.15, -0.1) is 0 Å². The smallest absolute Gasteiger partial charge is 0.324 e. The van der Waals surface area contributed by atoms with Gasteiger partial charge in [0.1, 0.15) is 6.54 Å². The summed E-state index contributed by atoms with van der Waals surface area (Å²) >= 11 is 0. The second-order valence-electron chi connectivity index (χ2n) is 7.21. The van der Waals surface area contributed by atoms with Crippen LogP contribution < -0.4 is 16.6 Å². The van der Waals surface area contributed by atoms with Gasteiger partial charge in [-0.25, -0.2) is 4.79 Å². The van der Waals surface area contributed by atoms with Crippen LogP contribution in [0.1, 0.15) is 37.8 Å². The maximum atomic E-state index is 13.0. The summed E-state index contributed by atoms with van der Waals surface area (Å²) in [5.74, 6) is -0.290. The largest absolute Gasteiger partial charge is 0.331 e. The minimum Gasteiger partial charge on any atom is -0.324 e. The van der Waals surface area contributed by atoms with Gasteiger partial charge in [0.05, 0.1) is 10.9 Å². The van der Waals surface area contributed by atoms with E-state index in [0.717, 1.165) is 36.1 Å². The van der Waals surface area contributed by atoms with Crippen LogP contribution in [0.4, 0.5) is 5.69 Å². The maximum absolute atomic E-state index is 13.0. The molecule has 29 heavy (non-hydrogen) atoms. The van der Waals surface area contributed by atoms with Gasteiger partial charge in [-0.05, 0) is 43.0 Å². The Labute approximate surface area is 169 Å². The van der Waals surface area contributed by atoms with E-state index in [9.17, 15) is 14.4 Å². The van der Waals surface area contributed by atoms with E-state index in [0.29, 0.717) is 17.4 Å². The lowest BCUT2D eigenvalue weighted by Crippen LogP contribution is -2.41. The predicted molar refractivity (Wildman–Crippen MR) is 117 cm³/mol. The molecule has 1 heterocycles. The average Bonchev–Trinajstić information content (AvgIpc) is 2.72. The Balaban J connectivity index is 2.03. The number of anilines is 1. The molecule has 0 aliphatic heterocycles. The number of hydrogen-bond acceptors (Lipinski definition) is 3. The van der Waals surface area contributed by atoms with Gasteiger partial charge in [-0.1, -0.05) is 50.6 Å². The van der Waals surface area contributed by atoms with Gasteiger partial charge < -0.3 is 5.32 Å². The summed E-state index contributed by atoms with van der Waals surface area (Å²) in [5, 5.41) is 3.41. The number of rotatable bonds is 7. The fourth-order valence-corrected chi connectivity index (χ4v) is 3.56. The molecule has 2 aromatic carbocycles. The van der Waals surface area contributed by atoms with E-state index in [1.807, 2.05) is 39.0 Å². The van der Waals surface area contributed by atoms with Crippen LogP contribution in [-0.2, 0) is 24.3 Å². The monoisotopic (exact) mass is 393 g/mol. The van der Waals surface area contributed by atoms with Crippen molar-refractivity contribution in [2.24, 2.45) is 0 Å². The number of benzene rings is 2. The first-order valence-corrected chi connectivity index (χ1v) is 10.1. The molecule has 1 aromatic heterocycles. The summed E-state index contributed by atoms with van der Waals surface area (Å²) in [6.45, 7) is 6.18. The quantitative estimate of drug-likeness (QED) is 0.668. The number of para-hydroxylation sites is 2. The van der Waals surface area contributed by atoms with E-state index in [4.69, 9.17) is 0 Å². The number of unbranched alkanes of at least 4 members (excludes halogenated alkanes) is 1. The van der Waals surface area contributed by atoms with Crippen LogP contribution in [0.2, 0.25) is 0 Å². The molecular weight excluding hydrogens is 366 g/mol. The molecule has 1 N–H and O–H groups in total. The molecule has 6 heteroatoms. The van der Waals surface area contributed by atoms with Crippen LogP contribution in [-0.4, -0.2) is 15.0 Å². The number of carbonyl (C=O) groups excluding carboxylic acids is 1. The van der Waals surface area contributed by atoms with E-state index in [1.54, 1.807) is 24.3 Å². The Hall–Kier alpha value is -3.15. The number of aromatic nitrogens is 2. The molecule has 0 saturated heterocycles. The molecule has 0 radical (unpaired) electrons. The number of fused-ring (bicyclic) bond motifs is 1. The molecule has 152 valence electrons. The van der Waals surface area contributed by atoms with Crippen molar-refractivity contribution < 1.29 is 4.79 Å². The SMILES string of the molecule is CCCCn1c(=O)c2ccccc2n(CC(=O)Nc2c(C)cccc2CC)c1=O. The van der Waals surface area contributed by atoms with Crippen molar-refractivity contribution in [3.8, 4) is 0 Å². The Morgan fingerprint density at radius 3 is 2.48 bits per heavy atom. The van der Waals surface area contributed by atoms with Gasteiger partial charge in [0, 0.05) is 12.2 Å². The third-order valence-corrected chi connectivity index (χ3v) is 5.17. The highest BCUT2D eigenvalue weighted by Gasteiger charge is 2.16. The van der Waals surface area contributed by atoms with Crippen molar-refractivity contribution in [1.82, 2.24) is 9.13 Å². The Bertz CT molecular complexity index is 1160. The van der Waals surface area contributed by atoms with Crippen molar-refractivity contribution >= 4 is 22.5 Å². The Morgan fingerprint density at radius 1 is 1.00 bits per heavy atom. The summed E-state index contributed by atoms with van der Waals surface area (Å²) in [7, 11) is 0. The molecule has 0 fully saturated rings. The van der Waals surface area contributed by atoms with Crippen molar-refractivity contribution in [3.63, 3.8) is 0 Å². The summed E-state index contributed by atoms with van der Waals surface area (Å²) in [6, 6.07) is 12.8. The van der Waals surface area contributed by atoms with Gasteiger partial charge in [0.25, 0.3) is 5.56 Å². The normalized spacial score (nSPS) is 11.0. The van der Waals surface area contributed by atoms with E-state index < -0.39 is 5.69 Å². The summed E-state index contributed by atoms with van der Waals surface area (Å²) in [6.07, 6.45) is 2.39. The van der Waals surface area contributed by atoms with Gasteiger partial charge in [-0.2, -0.15) is 0 Å². The Kier molecular flexibility index (Phi) is 6.32. The highest BCUT2D eigenvalue weighted by Crippen LogP contribution is 2.21. The lowest BCUT2D eigenvalue weighted by molar-refractivity contribution is -0.116. The maximum Gasteiger partial charge on any atom is 0.331 e. The van der Waals surface area contributed by atoms with Crippen LogP contribution in [0.3, 0.4) is 0 Å². The number of amides is 1. The third-order valence-electron chi connectivity index (χ3n) is 5.17. The first kappa shape index (κ1) is 20.6. The first-order chi connectivity index (χ1) is 14.0. The molecule has 0 aliphatic carbocycles. The fraction of sp³-hybridized carbons (Fsp3) is 0.348. The first-order valence-electron chi connectivity index (χ1n) is 10.1.